The number of hydrogen-bond donors (Lipinski definition) is 2. The van der Waals surface area contributed by atoms with E-state index < -0.39 is 12.1 Å². The second-order valence-corrected chi connectivity index (χ2v) is 6.89. The fourth-order valence-corrected chi connectivity index (χ4v) is 2.97. The Hall–Kier alpha value is -1.50. The van der Waals surface area contributed by atoms with Crippen LogP contribution in [0.25, 0.3) is 0 Å². The lowest BCUT2D eigenvalue weighted by Crippen LogP contribution is -2.19. The maximum Gasteiger partial charge on any atom is 0.337 e. The molecule has 0 aliphatic heterocycles. The lowest BCUT2D eigenvalue weighted by atomic mass is 9.78. The van der Waals surface area contributed by atoms with Crippen LogP contribution in [0.2, 0.25) is 5.02 Å². The molecule has 1 unspecified atom stereocenters. The van der Waals surface area contributed by atoms with Crippen molar-refractivity contribution in [3.05, 3.63) is 33.3 Å². The van der Waals surface area contributed by atoms with Gasteiger partial charge in [0.25, 0.3) is 0 Å². The van der Waals surface area contributed by atoms with Gasteiger partial charge in [-0.3, -0.25) is 0 Å². The molecule has 21 heavy (non-hydrogen) atoms. The van der Waals surface area contributed by atoms with E-state index in [-0.39, 0.29) is 16.0 Å². The zero-order valence-corrected chi connectivity index (χ0v) is 13.2. The minimum Gasteiger partial charge on any atom is -0.478 e. The summed E-state index contributed by atoms with van der Waals surface area (Å²) in [6.07, 6.45) is 6.18. The monoisotopic (exact) mass is 306 g/mol. The summed E-state index contributed by atoms with van der Waals surface area (Å²) in [4.78, 5) is 11.4. The third-order valence-corrected chi connectivity index (χ3v) is 4.20. The van der Waals surface area contributed by atoms with Crippen LogP contribution in [0.5, 0.6) is 0 Å². The summed E-state index contributed by atoms with van der Waals surface area (Å²) in [5.41, 5.74) is 1.97. The molecular weight excluding hydrogens is 288 g/mol. The molecule has 0 saturated heterocycles. The lowest BCUT2D eigenvalue weighted by molar-refractivity contribution is 0.0696. The number of aliphatic hydroxyl groups excluding tert-OH is 1. The summed E-state index contributed by atoms with van der Waals surface area (Å²) in [5, 5.41) is 19.6. The molecule has 1 aliphatic rings. The van der Waals surface area contributed by atoms with Crippen LogP contribution in [0.15, 0.2) is 6.07 Å². The zero-order chi connectivity index (χ0) is 15.9. The van der Waals surface area contributed by atoms with Gasteiger partial charge in [-0.2, -0.15) is 0 Å². The Kier molecular flexibility index (Phi) is 4.06. The predicted molar refractivity (Wildman–Crippen MR) is 82.9 cm³/mol. The van der Waals surface area contributed by atoms with E-state index in [4.69, 9.17) is 18.0 Å². The molecule has 3 nitrogen and oxygen atoms in total. The van der Waals surface area contributed by atoms with E-state index in [0.29, 0.717) is 11.5 Å². The minimum atomic E-state index is -1.19. The van der Waals surface area contributed by atoms with Crippen LogP contribution in [0.1, 0.15) is 72.7 Å². The largest absolute Gasteiger partial charge is 0.478 e. The molecule has 0 heterocycles. The highest BCUT2D eigenvalue weighted by molar-refractivity contribution is 6.34. The van der Waals surface area contributed by atoms with E-state index >= 15 is 0 Å². The summed E-state index contributed by atoms with van der Waals surface area (Å²) in [6, 6.07) is 1.63. The van der Waals surface area contributed by atoms with Gasteiger partial charge in [0.05, 0.1) is 10.6 Å². The minimum absolute atomic E-state index is 0.00436. The van der Waals surface area contributed by atoms with Gasteiger partial charge in [0.15, 0.2) is 0 Å². The van der Waals surface area contributed by atoms with Crippen molar-refractivity contribution >= 4 is 17.6 Å². The van der Waals surface area contributed by atoms with Crippen LogP contribution in [-0.2, 0) is 5.41 Å². The van der Waals surface area contributed by atoms with Gasteiger partial charge in [-0.25, -0.2) is 4.79 Å². The molecule has 0 spiro atoms. The highest BCUT2D eigenvalue weighted by Gasteiger charge is 2.36. The van der Waals surface area contributed by atoms with Crippen LogP contribution < -0.4 is 0 Å². The topological polar surface area (TPSA) is 57.5 Å². The maximum absolute atomic E-state index is 11.4. The number of benzene rings is 1. The number of aliphatic hydroxyl groups is 1. The molecule has 0 radical (unpaired) electrons. The first-order valence-electron chi connectivity index (χ1n) is 6.92. The van der Waals surface area contributed by atoms with Gasteiger partial charge in [-0.1, -0.05) is 38.3 Å². The number of carbonyl (C=O) groups is 1. The summed E-state index contributed by atoms with van der Waals surface area (Å²) in [6.45, 7) is 6.04. The third-order valence-electron chi connectivity index (χ3n) is 3.80. The molecule has 1 saturated carbocycles. The Morgan fingerprint density at radius 2 is 2.05 bits per heavy atom. The van der Waals surface area contributed by atoms with E-state index in [1.807, 2.05) is 20.8 Å². The molecule has 0 amide bonds. The Morgan fingerprint density at radius 3 is 2.43 bits per heavy atom. The summed E-state index contributed by atoms with van der Waals surface area (Å²) < 4.78 is 0. The van der Waals surface area contributed by atoms with Gasteiger partial charge in [-0.05, 0) is 41.4 Å². The average Bonchev–Trinajstić information content (AvgIpc) is 3.19. The number of halogens is 1. The van der Waals surface area contributed by atoms with Crippen molar-refractivity contribution < 1.29 is 15.0 Å². The van der Waals surface area contributed by atoms with Crippen LogP contribution in [0.4, 0.5) is 0 Å². The van der Waals surface area contributed by atoms with Crippen molar-refractivity contribution in [3.63, 3.8) is 0 Å². The number of rotatable bonds is 3. The second-order valence-electron chi connectivity index (χ2n) is 6.51. The predicted octanol–water partition coefficient (Wildman–Crippen LogP) is 3.88. The Bertz CT molecular complexity index is 631. The summed E-state index contributed by atoms with van der Waals surface area (Å²) in [5.74, 6) is 1.46. The van der Waals surface area contributed by atoms with Gasteiger partial charge in [-0.15, -0.1) is 6.42 Å². The fraction of sp³-hybridized carbons (Fsp3) is 0.471. The number of carboxylic acid groups (broad SMARTS) is 1. The standard InChI is InChI=1S/C17H19ClO3/c1-5-12(19)14-13(9-6-7-9)11(17(2,3)4)8-10(15(14)18)16(20)21/h1,8-9,12,19H,6-7H2,2-4H3,(H,20,21). The Morgan fingerprint density at radius 1 is 1.48 bits per heavy atom. The molecule has 112 valence electrons. The number of terminal acetylenes is 1. The van der Waals surface area contributed by atoms with E-state index in [2.05, 4.69) is 5.92 Å². The molecular formula is C17H19ClO3. The van der Waals surface area contributed by atoms with E-state index in [0.717, 1.165) is 24.0 Å². The van der Waals surface area contributed by atoms with Crippen LogP contribution in [0, 0.1) is 12.3 Å². The molecule has 2 N–H and O–H groups in total. The van der Waals surface area contributed by atoms with Crippen LogP contribution >= 0.6 is 11.6 Å². The second kappa shape index (κ2) is 5.36. The Labute approximate surface area is 129 Å². The van der Waals surface area contributed by atoms with Crippen molar-refractivity contribution in [2.45, 2.75) is 51.0 Å². The van der Waals surface area contributed by atoms with E-state index in [1.165, 1.54) is 0 Å². The van der Waals surface area contributed by atoms with Gasteiger partial charge >= 0.3 is 5.97 Å². The first kappa shape index (κ1) is 15.9. The fourth-order valence-electron chi connectivity index (χ4n) is 2.63. The molecule has 1 aromatic rings. The van der Waals surface area contributed by atoms with Crippen molar-refractivity contribution in [2.75, 3.05) is 0 Å². The van der Waals surface area contributed by atoms with Crippen LogP contribution in [0.3, 0.4) is 0 Å². The summed E-state index contributed by atoms with van der Waals surface area (Å²) in [7, 11) is 0. The van der Waals surface area contributed by atoms with Crippen molar-refractivity contribution in [1.82, 2.24) is 0 Å². The van der Waals surface area contributed by atoms with Gasteiger partial charge in [0.1, 0.15) is 6.10 Å². The lowest BCUT2D eigenvalue weighted by Gasteiger charge is -2.27. The van der Waals surface area contributed by atoms with Gasteiger partial charge in [0, 0.05) is 5.56 Å². The molecule has 0 bridgehead atoms. The molecule has 1 atom stereocenters. The maximum atomic E-state index is 11.4. The average molecular weight is 307 g/mol. The van der Waals surface area contributed by atoms with E-state index in [9.17, 15) is 15.0 Å². The van der Waals surface area contributed by atoms with Gasteiger partial charge in [0.2, 0.25) is 0 Å². The third kappa shape index (κ3) is 2.92. The van der Waals surface area contributed by atoms with E-state index in [1.54, 1.807) is 6.07 Å². The van der Waals surface area contributed by atoms with Crippen molar-refractivity contribution in [1.29, 1.82) is 0 Å². The normalized spacial score (nSPS) is 16.4. The highest BCUT2D eigenvalue weighted by Crippen LogP contribution is 2.49. The van der Waals surface area contributed by atoms with Crippen molar-refractivity contribution in [3.8, 4) is 12.3 Å². The SMILES string of the molecule is C#CC(O)c1c(Cl)c(C(=O)O)cc(C(C)(C)C)c1C1CC1. The summed E-state index contributed by atoms with van der Waals surface area (Å²) >= 11 is 6.24. The first-order chi connectivity index (χ1) is 9.68. The number of carboxylic acids is 1. The van der Waals surface area contributed by atoms with Gasteiger partial charge < -0.3 is 10.2 Å². The molecule has 1 aromatic carbocycles. The zero-order valence-electron chi connectivity index (χ0n) is 12.4. The quantitative estimate of drug-likeness (QED) is 0.833. The molecule has 1 fully saturated rings. The highest BCUT2D eigenvalue weighted by atomic mass is 35.5. The van der Waals surface area contributed by atoms with Crippen LogP contribution in [-0.4, -0.2) is 16.2 Å². The number of hydrogen-bond acceptors (Lipinski definition) is 2. The molecule has 1 aliphatic carbocycles. The number of aromatic carboxylic acids is 1. The Balaban J connectivity index is 2.85. The smallest absolute Gasteiger partial charge is 0.337 e. The molecule has 4 heteroatoms. The van der Waals surface area contributed by atoms with Crippen molar-refractivity contribution in [2.24, 2.45) is 0 Å². The molecule has 2 rings (SSSR count). The first-order valence-corrected chi connectivity index (χ1v) is 7.30. The molecule has 0 aromatic heterocycles.